The van der Waals surface area contributed by atoms with Crippen molar-refractivity contribution in [2.45, 2.75) is 19.8 Å². The summed E-state index contributed by atoms with van der Waals surface area (Å²) in [6.45, 7) is 1.90. The normalized spacial score (nSPS) is 12.8. The zero-order valence-corrected chi connectivity index (χ0v) is 15.8. The molecule has 0 saturated heterocycles. The molecule has 0 aliphatic heterocycles. The number of hydrogen-bond acceptors (Lipinski definition) is 6. The van der Waals surface area contributed by atoms with Crippen LogP contribution in [0.25, 0.3) is 22.6 Å². The first-order chi connectivity index (χ1) is 14.2. The summed E-state index contributed by atoms with van der Waals surface area (Å²) < 4.78 is 5.59. The van der Waals surface area contributed by atoms with E-state index in [9.17, 15) is 4.79 Å². The van der Waals surface area contributed by atoms with Crippen LogP contribution in [0.1, 0.15) is 28.0 Å². The molecule has 0 unspecified atom stereocenters. The van der Waals surface area contributed by atoms with Crippen molar-refractivity contribution in [1.82, 2.24) is 15.1 Å². The van der Waals surface area contributed by atoms with Gasteiger partial charge in [-0.1, -0.05) is 35.5 Å². The second kappa shape index (κ2) is 6.98. The molecule has 5 rings (SSSR count). The van der Waals surface area contributed by atoms with Crippen LogP contribution < -0.4 is 5.32 Å². The fourth-order valence-electron chi connectivity index (χ4n) is 3.68. The summed E-state index contributed by atoms with van der Waals surface area (Å²) in [6, 6.07) is 17.4. The van der Waals surface area contributed by atoms with Crippen molar-refractivity contribution >= 4 is 17.4 Å². The van der Waals surface area contributed by atoms with E-state index in [-0.39, 0.29) is 5.78 Å². The van der Waals surface area contributed by atoms with E-state index in [0.29, 0.717) is 18.1 Å². The molecule has 0 radical (unpaired) electrons. The third-order valence-corrected chi connectivity index (χ3v) is 5.09. The van der Waals surface area contributed by atoms with Gasteiger partial charge >= 0.3 is 0 Å². The SMILES string of the molecule is Cc1noc(-c2ccccc2)c1-c1ccnc(Nc2ccc3c(c2)CCC3=O)n1. The molecule has 6 heteroatoms. The first-order valence-electron chi connectivity index (χ1n) is 9.47. The monoisotopic (exact) mass is 382 g/mol. The van der Waals surface area contributed by atoms with E-state index >= 15 is 0 Å². The summed E-state index contributed by atoms with van der Waals surface area (Å²) in [5, 5.41) is 7.39. The summed E-state index contributed by atoms with van der Waals surface area (Å²) in [4.78, 5) is 20.9. The molecule has 0 spiro atoms. The minimum Gasteiger partial charge on any atom is -0.355 e. The first-order valence-corrected chi connectivity index (χ1v) is 9.47. The molecule has 1 aliphatic rings. The average molecular weight is 382 g/mol. The molecule has 142 valence electrons. The van der Waals surface area contributed by atoms with Crippen LogP contribution in [0.15, 0.2) is 65.3 Å². The number of aryl methyl sites for hydroxylation is 2. The van der Waals surface area contributed by atoms with E-state index in [2.05, 4.69) is 20.4 Å². The van der Waals surface area contributed by atoms with E-state index in [1.807, 2.05) is 61.5 Å². The highest BCUT2D eigenvalue weighted by molar-refractivity contribution is 6.00. The first kappa shape index (κ1) is 17.3. The molecule has 0 amide bonds. The number of rotatable bonds is 4. The standard InChI is InChI=1S/C23H18N4O2/c1-14-21(22(29-27-14)15-5-3-2-4-6-15)19-11-12-24-23(26-19)25-17-8-9-18-16(13-17)7-10-20(18)28/h2-6,8-9,11-13H,7,10H2,1H3,(H,24,25,26). The largest absolute Gasteiger partial charge is 0.355 e. The highest BCUT2D eigenvalue weighted by Gasteiger charge is 2.20. The summed E-state index contributed by atoms with van der Waals surface area (Å²) in [7, 11) is 0. The predicted molar refractivity (Wildman–Crippen MR) is 110 cm³/mol. The van der Waals surface area contributed by atoms with Gasteiger partial charge in [0.25, 0.3) is 0 Å². The number of ketones is 1. The van der Waals surface area contributed by atoms with Crippen LogP contribution in [-0.4, -0.2) is 20.9 Å². The predicted octanol–water partition coefficient (Wildman–Crippen LogP) is 4.98. The lowest BCUT2D eigenvalue weighted by molar-refractivity contribution is 0.0994. The molecule has 0 fully saturated rings. The van der Waals surface area contributed by atoms with Crippen molar-refractivity contribution in [3.63, 3.8) is 0 Å². The maximum absolute atomic E-state index is 11.8. The van der Waals surface area contributed by atoms with Crippen LogP contribution in [0.4, 0.5) is 11.6 Å². The molecule has 2 heterocycles. The van der Waals surface area contributed by atoms with Crippen molar-refractivity contribution in [1.29, 1.82) is 0 Å². The van der Waals surface area contributed by atoms with Crippen LogP contribution in [-0.2, 0) is 6.42 Å². The van der Waals surface area contributed by atoms with Crippen molar-refractivity contribution in [2.24, 2.45) is 0 Å². The molecule has 1 aliphatic carbocycles. The van der Waals surface area contributed by atoms with Crippen LogP contribution in [0.5, 0.6) is 0 Å². The zero-order chi connectivity index (χ0) is 19.8. The number of nitrogens with zero attached hydrogens (tertiary/aromatic N) is 3. The number of fused-ring (bicyclic) bond motifs is 1. The van der Waals surface area contributed by atoms with Gasteiger partial charge in [-0.25, -0.2) is 9.97 Å². The highest BCUT2D eigenvalue weighted by Crippen LogP contribution is 2.34. The van der Waals surface area contributed by atoms with Crippen LogP contribution in [0.2, 0.25) is 0 Å². The van der Waals surface area contributed by atoms with E-state index in [4.69, 9.17) is 4.52 Å². The summed E-state index contributed by atoms with van der Waals surface area (Å²) >= 11 is 0. The van der Waals surface area contributed by atoms with E-state index in [0.717, 1.165) is 45.7 Å². The molecule has 2 aromatic heterocycles. The Hall–Kier alpha value is -3.80. The molecular weight excluding hydrogens is 364 g/mol. The average Bonchev–Trinajstić information content (AvgIpc) is 3.31. The lowest BCUT2D eigenvalue weighted by atomic mass is 10.0. The Bertz CT molecular complexity index is 1210. The Kier molecular flexibility index (Phi) is 4.17. The molecule has 0 bridgehead atoms. The van der Waals surface area contributed by atoms with E-state index < -0.39 is 0 Å². The molecule has 4 aromatic rings. The summed E-state index contributed by atoms with van der Waals surface area (Å²) in [5.41, 5.74) is 6.04. The second-order valence-electron chi connectivity index (χ2n) is 7.02. The molecule has 0 saturated carbocycles. The lowest BCUT2D eigenvalue weighted by Gasteiger charge is -2.08. The van der Waals surface area contributed by atoms with Gasteiger partial charge in [0.1, 0.15) is 0 Å². The van der Waals surface area contributed by atoms with Crippen LogP contribution in [0.3, 0.4) is 0 Å². The van der Waals surface area contributed by atoms with Gasteiger partial charge in [-0.15, -0.1) is 0 Å². The quantitative estimate of drug-likeness (QED) is 0.536. The van der Waals surface area contributed by atoms with E-state index in [1.165, 1.54) is 0 Å². The minimum absolute atomic E-state index is 0.209. The van der Waals surface area contributed by atoms with E-state index in [1.54, 1.807) is 6.20 Å². The zero-order valence-electron chi connectivity index (χ0n) is 15.8. The maximum atomic E-state index is 11.8. The topological polar surface area (TPSA) is 80.9 Å². The van der Waals surface area contributed by atoms with Gasteiger partial charge in [-0.3, -0.25) is 4.79 Å². The number of anilines is 2. The summed E-state index contributed by atoms with van der Waals surface area (Å²) in [6.07, 6.45) is 3.08. The molecule has 1 N–H and O–H groups in total. The highest BCUT2D eigenvalue weighted by atomic mass is 16.5. The Morgan fingerprint density at radius 2 is 1.90 bits per heavy atom. The van der Waals surface area contributed by atoms with Crippen LogP contribution >= 0.6 is 0 Å². The smallest absolute Gasteiger partial charge is 0.227 e. The fourth-order valence-corrected chi connectivity index (χ4v) is 3.68. The number of Topliss-reactive ketones (excluding diaryl/α,β-unsaturated/α-hetero) is 1. The van der Waals surface area contributed by atoms with Gasteiger partial charge in [0.15, 0.2) is 11.5 Å². The number of benzene rings is 2. The molecule has 0 atom stereocenters. The van der Waals surface area contributed by atoms with Gasteiger partial charge < -0.3 is 9.84 Å². The molecular formula is C23H18N4O2. The fraction of sp³-hybridized carbons (Fsp3) is 0.130. The Morgan fingerprint density at radius 1 is 1.03 bits per heavy atom. The summed E-state index contributed by atoms with van der Waals surface area (Å²) in [5.74, 6) is 1.37. The number of carbonyl (C=O) groups is 1. The minimum atomic E-state index is 0.209. The lowest BCUT2D eigenvalue weighted by Crippen LogP contribution is -1.99. The van der Waals surface area contributed by atoms with Crippen LogP contribution in [0, 0.1) is 6.92 Å². The van der Waals surface area contributed by atoms with Crippen molar-refractivity contribution in [3.8, 4) is 22.6 Å². The molecule has 6 nitrogen and oxygen atoms in total. The Balaban J connectivity index is 1.49. The van der Waals surface area contributed by atoms with Crippen molar-refractivity contribution < 1.29 is 9.32 Å². The Morgan fingerprint density at radius 3 is 2.76 bits per heavy atom. The van der Waals surface area contributed by atoms with Gasteiger partial charge in [-0.2, -0.15) is 0 Å². The second-order valence-corrected chi connectivity index (χ2v) is 7.02. The van der Waals surface area contributed by atoms with Crippen molar-refractivity contribution in [3.05, 3.63) is 77.6 Å². The number of nitrogens with one attached hydrogen (secondary N) is 1. The van der Waals surface area contributed by atoms with Gasteiger partial charge in [0, 0.05) is 29.4 Å². The third kappa shape index (κ3) is 3.18. The van der Waals surface area contributed by atoms with Crippen molar-refractivity contribution in [2.75, 3.05) is 5.32 Å². The molecule has 29 heavy (non-hydrogen) atoms. The third-order valence-electron chi connectivity index (χ3n) is 5.09. The van der Waals surface area contributed by atoms with Gasteiger partial charge in [0.05, 0.1) is 17.0 Å². The maximum Gasteiger partial charge on any atom is 0.227 e. The number of carbonyl (C=O) groups excluding carboxylic acids is 1. The number of hydrogen-bond donors (Lipinski definition) is 1. The molecule has 2 aromatic carbocycles. The van der Waals surface area contributed by atoms with Gasteiger partial charge in [-0.05, 0) is 43.2 Å². The van der Waals surface area contributed by atoms with Gasteiger partial charge in [0.2, 0.25) is 5.95 Å². The number of aromatic nitrogens is 3. The Labute approximate surface area is 167 Å².